The Morgan fingerprint density at radius 3 is 0.831 bits per heavy atom. The lowest BCUT2D eigenvalue weighted by Crippen LogP contribution is -2.06. The maximum atomic E-state index is 13.7. The van der Waals surface area contributed by atoms with Gasteiger partial charge in [-0.05, 0) is 170 Å². The SMILES string of the molecule is O=C(c1ccccc1)c1ccc(Sc2ccccc2[S+](c2ccc(F)cc2)c2ccc(F)cc2)cc1.O=C(c1ccccc1)c1ccc(Sc2ccccc2[S+](c2ccc(F)cc2)c2ccc(F)cc2)cc1.O=S(=O)([O-])[O-]. The third-order valence-corrected chi connectivity index (χ3v) is 18.1. The molecule has 0 spiro atoms. The molecule has 0 amide bonds. The fourth-order valence-corrected chi connectivity index (χ4v) is 14.2. The van der Waals surface area contributed by atoms with Gasteiger partial charge in [0.05, 0.1) is 9.79 Å². The van der Waals surface area contributed by atoms with E-state index in [0.717, 1.165) is 49.0 Å². The van der Waals surface area contributed by atoms with Crippen LogP contribution in [0.4, 0.5) is 17.6 Å². The fraction of sp³-hybridized carbons (Fsp3) is 0. The van der Waals surface area contributed by atoms with Crippen molar-refractivity contribution in [3.63, 3.8) is 0 Å². The van der Waals surface area contributed by atoms with Crippen molar-refractivity contribution in [3.8, 4) is 0 Å². The van der Waals surface area contributed by atoms with Gasteiger partial charge in [0, 0.05) is 42.4 Å². The summed E-state index contributed by atoms with van der Waals surface area (Å²) in [6.45, 7) is 0. The number of hydrogen-bond donors (Lipinski definition) is 0. The Balaban J connectivity index is 0.000000187. The van der Waals surface area contributed by atoms with Gasteiger partial charge in [-0.1, -0.05) is 108 Å². The van der Waals surface area contributed by atoms with E-state index in [4.69, 9.17) is 17.5 Å². The van der Waals surface area contributed by atoms with Crippen LogP contribution in [-0.4, -0.2) is 29.1 Å². The van der Waals surface area contributed by atoms with E-state index in [9.17, 15) is 27.2 Å². The van der Waals surface area contributed by atoms with Crippen LogP contribution in [-0.2, 0) is 32.2 Å². The molecule has 0 aliphatic carbocycles. The van der Waals surface area contributed by atoms with Crippen LogP contribution in [0.5, 0.6) is 0 Å². The van der Waals surface area contributed by atoms with Crippen molar-refractivity contribution in [1.82, 2.24) is 0 Å². The average molecular weight is 1120 g/mol. The average Bonchev–Trinajstić information content (AvgIpc) is 3.45. The zero-order valence-corrected chi connectivity index (χ0v) is 44.3. The van der Waals surface area contributed by atoms with Gasteiger partial charge in [-0.2, -0.15) is 0 Å². The van der Waals surface area contributed by atoms with Crippen LogP contribution in [0, 0.1) is 23.3 Å². The number of halogens is 4. The van der Waals surface area contributed by atoms with Gasteiger partial charge in [-0.3, -0.25) is 18.0 Å². The van der Waals surface area contributed by atoms with Crippen molar-refractivity contribution in [2.75, 3.05) is 0 Å². The minimum atomic E-state index is -5.17. The molecule has 0 aromatic heterocycles. The van der Waals surface area contributed by atoms with Crippen LogP contribution < -0.4 is 0 Å². The molecule has 0 radical (unpaired) electrons. The summed E-state index contributed by atoms with van der Waals surface area (Å²) in [5.74, 6) is -1.21. The molecule has 6 nitrogen and oxygen atoms in total. The van der Waals surface area contributed by atoms with Crippen LogP contribution in [0.25, 0.3) is 0 Å². The molecule has 0 saturated carbocycles. The molecule has 0 N–H and O–H groups in total. The quantitative estimate of drug-likeness (QED) is 0.0348. The molecule has 77 heavy (non-hydrogen) atoms. The third kappa shape index (κ3) is 15.8. The van der Waals surface area contributed by atoms with Gasteiger partial charge in [-0.25, -0.2) is 17.6 Å². The Labute approximate surface area is 458 Å². The summed E-state index contributed by atoms with van der Waals surface area (Å²) in [7, 11) is -6.29. The molecule has 0 aliphatic rings. The molecule has 10 aromatic carbocycles. The Hall–Kier alpha value is -7.47. The summed E-state index contributed by atoms with van der Waals surface area (Å²) in [6, 6.07) is 75.7. The predicted octanol–water partition coefficient (Wildman–Crippen LogP) is 15.5. The Morgan fingerprint density at radius 1 is 0.325 bits per heavy atom. The maximum absolute atomic E-state index is 13.7. The van der Waals surface area contributed by atoms with E-state index in [2.05, 4.69) is 24.3 Å². The molecule has 0 bridgehead atoms. The minimum absolute atomic E-state index is 0.0123. The molecular weight excluding hydrogens is 1080 g/mol. The van der Waals surface area contributed by atoms with Crippen molar-refractivity contribution in [3.05, 3.63) is 300 Å². The molecule has 0 saturated heterocycles. The van der Waals surface area contributed by atoms with E-state index in [1.807, 2.05) is 133 Å². The van der Waals surface area contributed by atoms with Gasteiger partial charge in [0.25, 0.3) is 0 Å². The lowest BCUT2D eigenvalue weighted by atomic mass is 10.0. The van der Waals surface area contributed by atoms with Gasteiger partial charge in [0.15, 0.2) is 40.9 Å². The standard InChI is InChI=1S/2C31H21F2OS2.H2O4S/c2*32-24-12-18-27(19-13-24)36(28-20-14-25(33)15-21-28)30-9-5-4-8-29(30)35-26-16-10-23(11-17-26)31(34)22-6-2-1-3-7-22;1-5(2,3)4/h2*1-21H;(H2,1,2,3,4)/q2*+1;/p-2. The predicted molar refractivity (Wildman–Crippen MR) is 294 cm³/mol. The number of ketones is 2. The molecule has 0 unspecified atom stereocenters. The molecule has 0 fully saturated rings. The van der Waals surface area contributed by atoms with Crippen LogP contribution in [0.15, 0.2) is 304 Å². The zero-order valence-electron chi connectivity index (χ0n) is 40.3. The van der Waals surface area contributed by atoms with Crippen molar-refractivity contribution in [2.24, 2.45) is 0 Å². The first-order valence-corrected chi connectivity index (χ1v) is 28.7. The van der Waals surface area contributed by atoms with Gasteiger partial charge in [0.2, 0.25) is 0 Å². The highest BCUT2D eigenvalue weighted by atomic mass is 32.3. The largest absolute Gasteiger partial charge is 0.759 e. The normalized spacial score (nSPS) is 11.0. The van der Waals surface area contributed by atoms with Crippen LogP contribution in [0.2, 0.25) is 0 Å². The van der Waals surface area contributed by atoms with Gasteiger partial charge in [-0.15, -0.1) is 0 Å². The highest BCUT2D eigenvalue weighted by Gasteiger charge is 2.33. The minimum Gasteiger partial charge on any atom is -0.759 e. The molecule has 0 atom stereocenters. The maximum Gasteiger partial charge on any atom is 0.193 e. The van der Waals surface area contributed by atoms with Crippen LogP contribution in [0.1, 0.15) is 31.8 Å². The Kier molecular flexibility index (Phi) is 19.2. The second-order valence-corrected chi connectivity index (χ2v) is 23.4. The summed E-state index contributed by atoms with van der Waals surface area (Å²) in [5, 5.41) is 0. The topological polar surface area (TPSA) is 114 Å². The molecule has 0 heterocycles. The van der Waals surface area contributed by atoms with E-state index < -0.39 is 32.2 Å². The van der Waals surface area contributed by atoms with E-state index in [1.54, 1.807) is 72.1 Å². The van der Waals surface area contributed by atoms with Gasteiger partial charge < -0.3 is 9.11 Å². The summed E-state index contributed by atoms with van der Waals surface area (Å²) in [4.78, 5) is 35.5. The zero-order chi connectivity index (χ0) is 54.3. The van der Waals surface area contributed by atoms with Crippen molar-refractivity contribution >= 4 is 67.3 Å². The first-order chi connectivity index (χ1) is 37.2. The molecule has 15 heteroatoms. The summed E-state index contributed by atoms with van der Waals surface area (Å²) < 4.78 is 88.9. The second-order valence-electron chi connectivity index (χ2n) is 16.4. The lowest BCUT2D eigenvalue weighted by molar-refractivity contribution is 0.103. The smallest absolute Gasteiger partial charge is 0.193 e. The van der Waals surface area contributed by atoms with Crippen LogP contribution in [0.3, 0.4) is 0 Å². The van der Waals surface area contributed by atoms with E-state index in [1.165, 1.54) is 48.5 Å². The first kappa shape index (κ1) is 55.8. The van der Waals surface area contributed by atoms with Crippen molar-refractivity contribution in [2.45, 2.75) is 49.0 Å². The van der Waals surface area contributed by atoms with E-state index >= 15 is 0 Å². The van der Waals surface area contributed by atoms with E-state index in [0.29, 0.717) is 22.3 Å². The highest BCUT2D eigenvalue weighted by molar-refractivity contribution is 8.02. The lowest BCUT2D eigenvalue weighted by Gasteiger charge is -2.12. The molecule has 0 aliphatic heterocycles. The summed E-state index contributed by atoms with van der Waals surface area (Å²) in [5.41, 5.74) is 2.59. The second kappa shape index (κ2) is 26.5. The number of benzene rings is 10. The molecular formula is C62H42F4O6S5. The Morgan fingerprint density at radius 2 is 0.558 bits per heavy atom. The monoisotopic (exact) mass is 1120 g/mol. The number of rotatable bonds is 14. The summed E-state index contributed by atoms with van der Waals surface area (Å²) >= 11 is 3.20. The number of carbonyl (C=O) groups excluding carboxylic acids is 2. The van der Waals surface area contributed by atoms with Gasteiger partial charge in [0.1, 0.15) is 45.1 Å². The number of hydrogen-bond acceptors (Lipinski definition) is 8. The fourth-order valence-electron chi connectivity index (χ4n) is 7.58. The van der Waals surface area contributed by atoms with Gasteiger partial charge >= 0.3 is 0 Å². The molecule has 384 valence electrons. The van der Waals surface area contributed by atoms with Crippen molar-refractivity contribution < 1.29 is 44.7 Å². The first-order valence-electron chi connectivity index (χ1n) is 23.3. The molecule has 10 rings (SSSR count). The third-order valence-electron chi connectivity index (χ3n) is 11.1. The van der Waals surface area contributed by atoms with Crippen LogP contribution >= 0.6 is 23.5 Å². The van der Waals surface area contributed by atoms with Crippen molar-refractivity contribution in [1.29, 1.82) is 0 Å². The summed E-state index contributed by atoms with van der Waals surface area (Å²) in [6.07, 6.45) is 0. The molecule has 10 aromatic rings. The Bertz CT molecular complexity index is 3340. The number of carbonyl (C=O) groups is 2. The van der Waals surface area contributed by atoms with E-state index in [-0.39, 0.29) is 34.8 Å². The highest BCUT2D eigenvalue weighted by Crippen LogP contribution is 2.42.